The number of aromatic nitrogens is 4. The summed E-state index contributed by atoms with van der Waals surface area (Å²) in [6, 6.07) is 15.8. The number of fused-ring (bicyclic) bond motifs is 2. The summed E-state index contributed by atoms with van der Waals surface area (Å²) in [5, 5.41) is 12.1. The minimum Gasteiger partial charge on any atom is -0.593 e. The summed E-state index contributed by atoms with van der Waals surface area (Å²) in [4.78, 5) is 12.5. The van der Waals surface area contributed by atoms with Gasteiger partial charge in [0.05, 0.1) is 17.6 Å². The Balaban J connectivity index is 1.34. The normalized spacial score (nSPS) is 15.7. The molecule has 7 nitrogen and oxygen atoms in total. The fraction of sp³-hybridized carbons (Fsp3) is 0.222. The van der Waals surface area contributed by atoms with Gasteiger partial charge in [-0.25, -0.2) is 14.5 Å². The molecule has 1 aliphatic rings. The van der Waals surface area contributed by atoms with E-state index in [9.17, 15) is 4.55 Å². The van der Waals surface area contributed by atoms with Gasteiger partial charge in [-0.15, -0.1) is 5.14 Å². The number of hydrogen-bond donors (Lipinski definition) is 1. The Bertz CT molecular complexity index is 1510. The van der Waals surface area contributed by atoms with Crippen molar-refractivity contribution in [1.29, 1.82) is 0 Å². The molecule has 3 aromatic heterocycles. The van der Waals surface area contributed by atoms with E-state index in [1.165, 1.54) is 12.8 Å². The highest BCUT2D eigenvalue weighted by atomic mass is 32.2. The zero-order valence-corrected chi connectivity index (χ0v) is 20.3. The molecule has 176 valence electrons. The number of rotatable bonds is 4. The Morgan fingerprint density at radius 3 is 2.40 bits per heavy atom. The lowest BCUT2D eigenvalue weighted by Gasteiger charge is -2.31. The van der Waals surface area contributed by atoms with Gasteiger partial charge in [-0.2, -0.15) is 5.10 Å². The Hall–Kier alpha value is -3.46. The van der Waals surface area contributed by atoms with Crippen LogP contribution in [0.5, 0.6) is 0 Å². The van der Waals surface area contributed by atoms with Crippen molar-refractivity contribution in [2.45, 2.75) is 24.7 Å². The van der Waals surface area contributed by atoms with Crippen molar-refractivity contribution >= 4 is 33.6 Å². The van der Waals surface area contributed by atoms with Gasteiger partial charge in [0.1, 0.15) is 5.82 Å². The van der Waals surface area contributed by atoms with Crippen LogP contribution in [-0.4, -0.2) is 37.2 Å². The third kappa shape index (κ3) is 4.03. The summed E-state index contributed by atoms with van der Waals surface area (Å²) in [6.45, 7) is 4.44. The average molecular weight is 483 g/mol. The molecule has 0 amide bonds. The maximum atomic E-state index is 12.0. The Kier molecular flexibility index (Phi) is 5.64. The molecule has 1 aliphatic heterocycles. The van der Waals surface area contributed by atoms with Gasteiger partial charge >= 0.3 is 0 Å². The van der Waals surface area contributed by atoms with E-state index in [4.69, 9.17) is 15.1 Å². The first-order valence-electron chi connectivity index (χ1n) is 11.8. The van der Waals surface area contributed by atoms with Gasteiger partial charge < -0.3 is 9.45 Å². The SMILES string of the molecule is CC1CCN(c2ccc(-c3cnc4c(-c5ccc([S+](N)[O-])c6ccccc56)cnn4c3)cn2)CC1. The molecule has 0 aliphatic carbocycles. The number of hydrogen-bond acceptors (Lipinski definition) is 6. The number of benzene rings is 2. The summed E-state index contributed by atoms with van der Waals surface area (Å²) in [5.74, 6) is 1.83. The van der Waals surface area contributed by atoms with Gasteiger partial charge in [-0.3, -0.25) is 0 Å². The maximum absolute atomic E-state index is 12.0. The van der Waals surface area contributed by atoms with E-state index < -0.39 is 11.4 Å². The van der Waals surface area contributed by atoms with E-state index in [2.05, 4.69) is 29.1 Å². The zero-order valence-electron chi connectivity index (χ0n) is 19.5. The number of nitrogens with two attached hydrogens (primary N) is 1. The second-order valence-corrected chi connectivity index (χ2v) is 10.2. The summed E-state index contributed by atoms with van der Waals surface area (Å²) >= 11 is -1.56. The molecule has 2 N–H and O–H groups in total. The monoisotopic (exact) mass is 482 g/mol. The van der Waals surface area contributed by atoms with Gasteiger partial charge in [0, 0.05) is 53.8 Å². The number of anilines is 1. The van der Waals surface area contributed by atoms with Gasteiger partial charge in [0.15, 0.2) is 10.5 Å². The topological polar surface area (TPSA) is 95.4 Å². The van der Waals surface area contributed by atoms with E-state index in [0.29, 0.717) is 4.90 Å². The van der Waals surface area contributed by atoms with Crippen LogP contribution >= 0.6 is 0 Å². The highest BCUT2D eigenvalue weighted by Gasteiger charge is 2.19. The predicted octanol–water partition coefficient (Wildman–Crippen LogP) is 4.83. The van der Waals surface area contributed by atoms with Crippen molar-refractivity contribution in [3.05, 3.63) is 73.3 Å². The lowest BCUT2D eigenvalue weighted by molar-refractivity contribution is 0.436. The third-order valence-corrected chi connectivity index (χ3v) is 7.73. The molecule has 0 saturated carbocycles. The average Bonchev–Trinajstić information content (AvgIpc) is 3.31. The Labute approximate surface area is 206 Å². The van der Waals surface area contributed by atoms with Crippen LogP contribution < -0.4 is 10.0 Å². The van der Waals surface area contributed by atoms with Crippen LogP contribution in [0.2, 0.25) is 0 Å². The van der Waals surface area contributed by atoms with Crippen molar-refractivity contribution < 1.29 is 4.55 Å². The zero-order chi connectivity index (χ0) is 23.9. The standard InChI is InChI=1S/C27H26N6OS/c1-18-10-12-32(13-11-18)26-9-6-19(14-29-26)20-15-30-27-24(16-31-33(27)17-20)22-7-8-25(35(28)34)23-5-3-2-4-21(22)23/h2-9,14-18H,10-13,28H2,1H3. The van der Waals surface area contributed by atoms with Gasteiger partial charge in [0.25, 0.3) is 0 Å². The molecule has 8 heteroatoms. The maximum Gasteiger partial charge on any atom is 0.181 e. The molecule has 0 radical (unpaired) electrons. The molecule has 4 heterocycles. The molecule has 1 unspecified atom stereocenters. The Morgan fingerprint density at radius 1 is 0.886 bits per heavy atom. The van der Waals surface area contributed by atoms with E-state index in [1.807, 2.05) is 61.2 Å². The summed E-state index contributed by atoms with van der Waals surface area (Å²) in [6.07, 6.45) is 10.0. The second-order valence-electron chi connectivity index (χ2n) is 9.20. The van der Waals surface area contributed by atoms with Crippen LogP contribution in [0.4, 0.5) is 5.82 Å². The number of pyridine rings is 1. The lowest BCUT2D eigenvalue weighted by Crippen LogP contribution is -2.33. The second kappa shape index (κ2) is 8.96. The first-order chi connectivity index (χ1) is 17.1. The fourth-order valence-electron chi connectivity index (χ4n) is 4.88. The molecule has 0 spiro atoms. The van der Waals surface area contributed by atoms with Crippen LogP contribution in [0.3, 0.4) is 0 Å². The summed E-state index contributed by atoms with van der Waals surface area (Å²) in [7, 11) is 0. The van der Waals surface area contributed by atoms with Crippen LogP contribution in [0, 0.1) is 5.92 Å². The quantitative estimate of drug-likeness (QED) is 0.369. The van der Waals surface area contributed by atoms with Crippen LogP contribution in [0.15, 0.2) is 78.2 Å². The minimum atomic E-state index is -1.56. The predicted molar refractivity (Wildman–Crippen MR) is 140 cm³/mol. The van der Waals surface area contributed by atoms with Crippen molar-refractivity contribution in [3.63, 3.8) is 0 Å². The van der Waals surface area contributed by atoms with Gasteiger partial charge in [-0.1, -0.05) is 25.1 Å². The Morgan fingerprint density at radius 2 is 1.66 bits per heavy atom. The number of piperidine rings is 1. The molecular weight excluding hydrogens is 456 g/mol. The van der Waals surface area contributed by atoms with E-state index in [1.54, 1.807) is 4.52 Å². The largest absolute Gasteiger partial charge is 0.593 e. The third-order valence-electron chi connectivity index (χ3n) is 6.94. The first kappa shape index (κ1) is 22.0. The van der Waals surface area contributed by atoms with Crippen LogP contribution in [0.25, 0.3) is 38.7 Å². The molecule has 1 fully saturated rings. The molecule has 0 bridgehead atoms. The van der Waals surface area contributed by atoms with Crippen molar-refractivity contribution in [2.24, 2.45) is 11.1 Å². The smallest absolute Gasteiger partial charge is 0.181 e. The van der Waals surface area contributed by atoms with E-state index in [0.717, 1.165) is 63.5 Å². The van der Waals surface area contributed by atoms with Crippen molar-refractivity contribution in [1.82, 2.24) is 19.6 Å². The molecule has 2 aromatic carbocycles. The van der Waals surface area contributed by atoms with Crippen LogP contribution in [0.1, 0.15) is 19.8 Å². The number of nitrogens with zero attached hydrogens (tertiary/aromatic N) is 5. The molecule has 1 saturated heterocycles. The van der Waals surface area contributed by atoms with Crippen molar-refractivity contribution in [3.8, 4) is 22.3 Å². The highest BCUT2D eigenvalue weighted by molar-refractivity contribution is 7.89. The summed E-state index contributed by atoms with van der Waals surface area (Å²) in [5.41, 5.74) is 4.61. The molecule has 5 aromatic rings. The highest BCUT2D eigenvalue weighted by Crippen LogP contribution is 2.34. The first-order valence-corrected chi connectivity index (χ1v) is 13.0. The molecule has 6 rings (SSSR count). The molecular formula is C27H26N6OS. The van der Waals surface area contributed by atoms with Gasteiger partial charge in [-0.05, 0) is 60.0 Å². The van der Waals surface area contributed by atoms with E-state index in [-0.39, 0.29) is 0 Å². The van der Waals surface area contributed by atoms with Crippen molar-refractivity contribution in [2.75, 3.05) is 18.0 Å². The van der Waals surface area contributed by atoms with Gasteiger partial charge in [0.2, 0.25) is 0 Å². The van der Waals surface area contributed by atoms with Crippen LogP contribution in [-0.2, 0) is 11.4 Å². The molecule has 35 heavy (non-hydrogen) atoms. The minimum absolute atomic E-state index is 0.617. The fourth-order valence-corrected chi connectivity index (χ4v) is 5.47. The summed E-state index contributed by atoms with van der Waals surface area (Å²) < 4.78 is 13.8. The lowest BCUT2D eigenvalue weighted by atomic mass is 9.99. The van der Waals surface area contributed by atoms with E-state index >= 15 is 0 Å². The molecule has 1 atom stereocenters.